The van der Waals surface area contributed by atoms with E-state index < -0.39 is 11.9 Å². The number of hydrogen-bond acceptors (Lipinski definition) is 8. The van der Waals surface area contributed by atoms with Crippen molar-refractivity contribution < 1.29 is 33.9 Å². The summed E-state index contributed by atoms with van der Waals surface area (Å²) in [6.07, 6.45) is 2.81. The third kappa shape index (κ3) is 8.49. The fraction of sp³-hybridized carbons (Fsp3) is 0.571. The second-order valence-corrected chi connectivity index (χ2v) is 11.6. The molecule has 0 heterocycles. The Balaban J connectivity index is 2.06. The quantitative estimate of drug-likeness (QED) is 0.285. The van der Waals surface area contributed by atoms with Crippen molar-refractivity contribution in [3.8, 4) is 0 Å². The Morgan fingerprint density at radius 3 is 1.39 bits per heavy atom. The molecule has 0 aromatic rings. The van der Waals surface area contributed by atoms with Crippen LogP contribution in [0.2, 0.25) is 0 Å². The molecule has 38 heavy (non-hydrogen) atoms. The highest BCUT2D eigenvalue weighted by Gasteiger charge is 2.37. The van der Waals surface area contributed by atoms with Gasteiger partial charge in [0.15, 0.2) is 23.1 Å². The van der Waals surface area contributed by atoms with Crippen LogP contribution in [-0.4, -0.2) is 71.2 Å². The van der Waals surface area contributed by atoms with Crippen LogP contribution in [0.4, 0.5) is 0 Å². The number of allylic oxidation sites excluding steroid dienone is 4. The zero-order valence-corrected chi connectivity index (χ0v) is 23.2. The lowest BCUT2D eigenvalue weighted by atomic mass is 9.73. The molecular formula is C28H39N3O7. The van der Waals surface area contributed by atoms with E-state index >= 15 is 0 Å². The minimum absolute atomic E-state index is 0.155. The molecule has 10 nitrogen and oxygen atoms in total. The molecule has 0 atom stereocenters. The molecule has 0 saturated heterocycles. The molecule has 0 aromatic carbocycles. The first-order valence-electron chi connectivity index (χ1n) is 12.8. The third-order valence-electron chi connectivity index (χ3n) is 6.65. The number of nitrogens with zero attached hydrogens (tertiary/aromatic N) is 1. The Kier molecular flexibility index (Phi) is 9.94. The molecule has 2 fully saturated rings. The molecule has 0 spiro atoms. The largest absolute Gasteiger partial charge is 0.478 e. The van der Waals surface area contributed by atoms with Crippen LogP contribution in [0.1, 0.15) is 67.2 Å². The van der Waals surface area contributed by atoms with Crippen molar-refractivity contribution in [3.63, 3.8) is 0 Å². The van der Waals surface area contributed by atoms with Gasteiger partial charge >= 0.3 is 5.97 Å². The van der Waals surface area contributed by atoms with Gasteiger partial charge in [-0.1, -0.05) is 27.7 Å². The monoisotopic (exact) mass is 529 g/mol. The zero-order valence-electron chi connectivity index (χ0n) is 23.2. The van der Waals surface area contributed by atoms with E-state index in [2.05, 4.69) is 10.6 Å². The fourth-order valence-corrected chi connectivity index (χ4v) is 4.88. The van der Waals surface area contributed by atoms with E-state index in [-0.39, 0.29) is 97.0 Å². The molecule has 2 aliphatic rings. The lowest BCUT2D eigenvalue weighted by Gasteiger charge is -2.30. The number of carboxylic acids is 1. The summed E-state index contributed by atoms with van der Waals surface area (Å²) in [4.78, 5) is 75.0. The first-order valence-corrected chi connectivity index (χ1v) is 12.8. The minimum Gasteiger partial charge on any atom is -0.478 e. The molecular weight excluding hydrogens is 490 g/mol. The number of aliphatic carboxylic acids is 1. The number of amides is 1. The summed E-state index contributed by atoms with van der Waals surface area (Å²) in [7, 11) is 0. The SMILES string of the molecule is CC(NCCN(CCNC(C)=C1C(=O)CC(C)(C)CC1=O)C(=O)C=CC(=O)O)=C1C(=O)CC(C)(C)CC1=O. The molecule has 2 saturated carbocycles. The van der Waals surface area contributed by atoms with Crippen molar-refractivity contribution in [1.29, 1.82) is 0 Å². The number of ketones is 4. The summed E-state index contributed by atoms with van der Waals surface area (Å²) in [5.41, 5.74) is 0.450. The van der Waals surface area contributed by atoms with Crippen LogP contribution in [0.25, 0.3) is 0 Å². The summed E-state index contributed by atoms with van der Waals surface area (Å²) in [5.74, 6) is -2.64. The van der Waals surface area contributed by atoms with Gasteiger partial charge in [0.1, 0.15) is 0 Å². The van der Waals surface area contributed by atoms with E-state index in [0.29, 0.717) is 11.4 Å². The predicted octanol–water partition coefficient (Wildman–Crippen LogP) is 2.10. The molecule has 0 aromatic heterocycles. The average molecular weight is 530 g/mol. The number of carboxylic acid groups (broad SMARTS) is 1. The lowest BCUT2D eigenvalue weighted by molar-refractivity contribution is -0.132. The predicted molar refractivity (Wildman–Crippen MR) is 141 cm³/mol. The molecule has 0 aliphatic heterocycles. The van der Waals surface area contributed by atoms with Gasteiger partial charge in [-0.15, -0.1) is 0 Å². The van der Waals surface area contributed by atoms with Gasteiger partial charge in [0.2, 0.25) is 5.91 Å². The summed E-state index contributed by atoms with van der Waals surface area (Å²) >= 11 is 0. The van der Waals surface area contributed by atoms with Gasteiger partial charge in [-0.05, 0) is 24.7 Å². The number of rotatable bonds is 10. The summed E-state index contributed by atoms with van der Waals surface area (Å²) in [5, 5.41) is 15.0. The first kappa shape index (κ1) is 30.7. The van der Waals surface area contributed by atoms with Gasteiger partial charge in [0, 0.05) is 75.4 Å². The molecule has 0 bridgehead atoms. The van der Waals surface area contributed by atoms with Crippen LogP contribution in [-0.2, 0) is 28.8 Å². The summed E-state index contributed by atoms with van der Waals surface area (Å²) in [6, 6.07) is 0. The first-order chi connectivity index (χ1) is 17.5. The molecule has 1 amide bonds. The average Bonchev–Trinajstić information content (AvgIpc) is 2.73. The van der Waals surface area contributed by atoms with Crippen molar-refractivity contribution in [2.24, 2.45) is 10.8 Å². The maximum absolute atomic E-state index is 12.6. The Morgan fingerprint density at radius 2 is 1.08 bits per heavy atom. The Labute approximate surface area is 223 Å². The van der Waals surface area contributed by atoms with Crippen LogP contribution in [0, 0.1) is 10.8 Å². The maximum Gasteiger partial charge on any atom is 0.328 e. The van der Waals surface area contributed by atoms with Crippen molar-refractivity contribution >= 4 is 35.0 Å². The maximum atomic E-state index is 12.6. The number of Topliss-reactive ketones (excluding diaryl/α,β-unsaturated/α-hetero) is 4. The molecule has 3 N–H and O–H groups in total. The van der Waals surface area contributed by atoms with Gasteiger partial charge in [0.25, 0.3) is 0 Å². The molecule has 0 unspecified atom stereocenters. The highest BCUT2D eigenvalue weighted by molar-refractivity contribution is 6.23. The summed E-state index contributed by atoms with van der Waals surface area (Å²) in [6.45, 7) is 11.6. The summed E-state index contributed by atoms with van der Waals surface area (Å²) < 4.78 is 0. The van der Waals surface area contributed by atoms with Gasteiger partial charge in [-0.25, -0.2) is 4.79 Å². The fourth-order valence-electron chi connectivity index (χ4n) is 4.88. The van der Waals surface area contributed by atoms with E-state index in [1.165, 1.54) is 4.90 Å². The van der Waals surface area contributed by atoms with Gasteiger partial charge in [-0.3, -0.25) is 24.0 Å². The van der Waals surface area contributed by atoms with Gasteiger partial charge < -0.3 is 20.6 Å². The smallest absolute Gasteiger partial charge is 0.328 e. The van der Waals surface area contributed by atoms with E-state index in [1.807, 2.05) is 27.7 Å². The normalized spacial score (nSPS) is 19.0. The number of hydrogen-bond donors (Lipinski definition) is 3. The van der Waals surface area contributed by atoms with Crippen molar-refractivity contribution in [3.05, 3.63) is 34.7 Å². The molecule has 208 valence electrons. The lowest BCUT2D eigenvalue weighted by Crippen LogP contribution is -2.41. The van der Waals surface area contributed by atoms with E-state index in [9.17, 15) is 28.8 Å². The molecule has 0 radical (unpaired) electrons. The van der Waals surface area contributed by atoms with E-state index in [0.717, 1.165) is 12.2 Å². The van der Waals surface area contributed by atoms with Crippen LogP contribution in [0.15, 0.2) is 34.7 Å². The zero-order chi connectivity index (χ0) is 28.8. The minimum atomic E-state index is -1.26. The van der Waals surface area contributed by atoms with Crippen LogP contribution in [0.5, 0.6) is 0 Å². The van der Waals surface area contributed by atoms with Gasteiger partial charge in [-0.2, -0.15) is 0 Å². The van der Waals surface area contributed by atoms with Crippen LogP contribution in [0.3, 0.4) is 0 Å². The number of nitrogens with one attached hydrogen (secondary N) is 2. The third-order valence-corrected chi connectivity index (χ3v) is 6.65. The number of carbonyl (C=O) groups excluding carboxylic acids is 5. The Morgan fingerprint density at radius 1 is 0.737 bits per heavy atom. The highest BCUT2D eigenvalue weighted by atomic mass is 16.4. The second-order valence-electron chi connectivity index (χ2n) is 11.6. The van der Waals surface area contributed by atoms with Gasteiger partial charge in [0.05, 0.1) is 11.1 Å². The van der Waals surface area contributed by atoms with Crippen molar-refractivity contribution in [1.82, 2.24) is 15.5 Å². The molecule has 2 aliphatic carbocycles. The standard InChI is InChI=1S/C28H39N3O7/c1-17(25-19(32)13-27(3,4)14-20(25)33)29-9-11-31(23(36)7-8-24(37)38)12-10-30-18(2)26-21(34)15-28(5,6)16-22(26)35/h7-8,29-30H,9-16H2,1-6H3,(H,37,38). The topological polar surface area (TPSA) is 150 Å². The van der Waals surface area contributed by atoms with E-state index in [4.69, 9.17) is 5.11 Å². The Bertz CT molecular complexity index is 1010. The van der Waals surface area contributed by atoms with Crippen LogP contribution < -0.4 is 10.6 Å². The molecule has 10 heteroatoms. The molecule has 2 rings (SSSR count). The van der Waals surface area contributed by atoms with E-state index in [1.54, 1.807) is 13.8 Å². The van der Waals surface area contributed by atoms with Crippen molar-refractivity contribution in [2.75, 3.05) is 26.2 Å². The highest BCUT2D eigenvalue weighted by Crippen LogP contribution is 2.35. The van der Waals surface area contributed by atoms with Crippen molar-refractivity contribution in [2.45, 2.75) is 67.2 Å². The van der Waals surface area contributed by atoms with Crippen LogP contribution >= 0.6 is 0 Å². The Hall–Kier alpha value is -3.56. The number of carbonyl (C=O) groups is 6. The second kappa shape index (κ2) is 12.3.